The molecule has 0 unspecified atom stereocenters. The van der Waals surface area contributed by atoms with E-state index in [9.17, 15) is 24.3 Å². The maximum absolute atomic E-state index is 13.6. The largest absolute Gasteiger partial charge is 0.469 e. The third-order valence-corrected chi connectivity index (χ3v) is 5.38. The zero-order chi connectivity index (χ0) is 22.8. The molecule has 1 amide bonds. The summed E-state index contributed by atoms with van der Waals surface area (Å²) in [5.41, 5.74) is -5.41. The zero-order valence-corrected chi connectivity index (χ0v) is 17.2. The molecule has 0 bridgehead atoms. The monoisotopic (exact) mass is 427 g/mol. The first-order valence-corrected chi connectivity index (χ1v) is 9.24. The van der Waals surface area contributed by atoms with Gasteiger partial charge in [0.2, 0.25) is 5.60 Å². The molecule has 2 aromatic carbocycles. The zero-order valence-electron chi connectivity index (χ0n) is 17.2. The molecule has 0 aliphatic carbocycles. The van der Waals surface area contributed by atoms with Crippen molar-refractivity contribution in [3.63, 3.8) is 0 Å². The van der Waals surface area contributed by atoms with Crippen LogP contribution in [-0.4, -0.2) is 55.8 Å². The van der Waals surface area contributed by atoms with Gasteiger partial charge in [-0.05, 0) is 18.2 Å². The quantitative estimate of drug-likeness (QED) is 0.558. The molecule has 31 heavy (non-hydrogen) atoms. The van der Waals surface area contributed by atoms with Crippen LogP contribution in [0.3, 0.4) is 0 Å². The van der Waals surface area contributed by atoms with Crippen LogP contribution in [0.1, 0.15) is 22.3 Å². The molecule has 0 fully saturated rings. The van der Waals surface area contributed by atoms with Gasteiger partial charge in [-0.25, -0.2) is 9.59 Å². The normalized spacial score (nSPS) is 22.3. The Morgan fingerprint density at radius 1 is 0.871 bits per heavy atom. The van der Waals surface area contributed by atoms with Crippen molar-refractivity contribution < 1.29 is 38.5 Å². The highest BCUT2D eigenvalue weighted by Crippen LogP contribution is 2.49. The molecule has 1 aliphatic rings. The van der Waals surface area contributed by atoms with E-state index in [0.717, 1.165) is 26.2 Å². The van der Waals surface area contributed by atoms with E-state index >= 15 is 0 Å². The number of hydrogen-bond donors (Lipinski definition) is 1. The molecule has 0 saturated carbocycles. The first-order valence-electron chi connectivity index (χ1n) is 9.24. The molecule has 2 atom stereocenters. The summed E-state index contributed by atoms with van der Waals surface area (Å²) in [5, 5.41) is 11.9. The summed E-state index contributed by atoms with van der Waals surface area (Å²) in [7, 11) is 3.12. The first-order chi connectivity index (χ1) is 14.8. The molecule has 0 aromatic heterocycles. The van der Waals surface area contributed by atoms with Gasteiger partial charge in [-0.15, -0.1) is 0 Å². The third-order valence-electron chi connectivity index (χ3n) is 5.38. The minimum atomic E-state index is -2.79. The van der Waals surface area contributed by atoms with E-state index in [1.165, 1.54) is 30.3 Å². The summed E-state index contributed by atoms with van der Waals surface area (Å²) in [6.07, 6.45) is -0.878. The molecule has 1 aliphatic heterocycles. The Hall–Kier alpha value is -3.72. The van der Waals surface area contributed by atoms with E-state index in [0.29, 0.717) is 0 Å². The summed E-state index contributed by atoms with van der Waals surface area (Å²) in [4.78, 5) is 53.4. The van der Waals surface area contributed by atoms with Crippen LogP contribution >= 0.6 is 0 Å². The number of benzene rings is 2. The van der Waals surface area contributed by atoms with Gasteiger partial charge >= 0.3 is 17.9 Å². The minimum Gasteiger partial charge on any atom is -0.469 e. The summed E-state index contributed by atoms with van der Waals surface area (Å²) < 4.78 is 14.5. The number of rotatable bonds is 5. The topological polar surface area (TPSA) is 119 Å². The summed E-state index contributed by atoms with van der Waals surface area (Å²) in [6.45, 7) is 0. The smallest absolute Gasteiger partial charge is 0.345 e. The predicted molar refractivity (Wildman–Crippen MR) is 107 cm³/mol. The predicted octanol–water partition coefficient (Wildman–Crippen LogP) is 1.18. The molecule has 0 saturated heterocycles. The first kappa shape index (κ1) is 22.0. The lowest BCUT2D eigenvalue weighted by molar-refractivity contribution is -0.186. The lowest BCUT2D eigenvalue weighted by Crippen LogP contribution is -2.75. The van der Waals surface area contributed by atoms with Crippen molar-refractivity contribution in [3.05, 3.63) is 65.7 Å². The van der Waals surface area contributed by atoms with Gasteiger partial charge in [-0.3, -0.25) is 14.5 Å². The second kappa shape index (κ2) is 8.19. The molecule has 162 valence electrons. The number of carbonyl (C=O) groups excluding carboxylic acids is 4. The van der Waals surface area contributed by atoms with Gasteiger partial charge < -0.3 is 19.3 Å². The Bertz CT molecular complexity index is 1040. The van der Waals surface area contributed by atoms with Crippen molar-refractivity contribution in [2.45, 2.75) is 17.6 Å². The molecule has 0 radical (unpaired) electrons. The van der Waals surface area contributed by atoms with Gasteiger partial charge in [-0.2, -0.15) is 0 Å². The van der Waals surface area contributed by atoms with E-state index < -0.39 is 41.4 Å². The highest BCUT2D eigenvalue weighted by Gasteiger charge is 2.72. The number of hydrogen-bond acceptors (Lipinski definition) is 8. The molecular formula is C22H21NO8. The maximum Gasteiger partial charge on any atom is 0.345 e. The van der Waals surface area contributed by atoms with Crippen LogP contribution in [0, 0.1) is 0 Å². The number of ether oxygens (including phenoxy) is 3. The van der Waals surface area contributed by atoms with Crippen LogP contribution in [0.15, 0.2) is 54.6 Å². The number of methoxy groups -OCH3 is 3. The lowest BCUT2D eigenvalue weighted by atomic mass is 9.66. The Morgan fingerprint density at radius 3 is 2.03 bits per heavy atom. The van der Waals surface area contributed by atoms with Crippen molar-refractivity contribution >= 4 is 29.5 Å². The molecule has 1 heterocycles. The fraction of sp³-hybridized carbons (Fsp3) is 0.273. The number of fused-ring (bicyclic) bond motifs is 1. The number of amides is 1. The SMILES string of the molecule is COC(=O)C[C@@]1(C(=O)OC)N(c2ccccc2)C(=O)c2ccccc2[C@@]1(O)C(=O)OC. The number of nitrogens with zero attached hydrogens (tertiary/aromatic N) is 1. The standard InChI is InChI=1S/C22H21NO8/c1-29-17(24)13-21(19(26)30-2)22(28,20(27)31-3)16-12-8-7-11-15(16)18(25)23(21)14-9-5-4-6-10-14/h4-12,28H,13H2,1-3H3/t21-,22+/m0/s1. The highest BCUT2D eigenvalue weighted by molar-refractivity contribution is 6.18. The Balaban J connectivity index is 2.51. The number of carbonyl (C=O) groups is 4. The van der Waals surface area contributed by atoms with E-state index in [4.69, 9.17) is 14.2 Å². The van der Waals surface area contributed by atoms with Crippen LogP contribution in [0.2, 0.25) is 0 Å². The molecule has 9 nitrogen and oxygen atoms in total. The maximum atomic E-state index is 13.6. The lowest BCUT2D eigenvalue weighted by Gasteiger charge is -2.52. The van der Waals surface area contributed by atoms with E-state index in [-0.39, 0.29) is 16.8 Å². The van der Waals surface area contributed by atoms with Gasteiger partial charge in [-0.1, -0.05) is 36.4 Å². The average Bonchev–Trinajstić information content (AvgIpc) is 2.81. The van der Waals surface area contributed by atoms with Crippen molar-refractivity contribution in [2.75, 3.05) is 26.2 Å². The molecule has 3 rings (SSSR count). The third kappa shape index (κ3) is 3.05. The summed E-state index contributed by atoms with van der Waals surface area (Å²) >= 11 is 0. The van der Waals surface area contributed by atoms with Crippen molar-refractivity contribution in [2.24, 2.45) is 0 Å². The van der Waals surface area contributed by atoms with Gasteiger partial charge in [0.25, 0.3) is 5.91 Å². The molecule has 1 N–H and O–H groups in total. The van der Waals surface area contributed by atoms with E-state index in [2.05, 4.69) is 0 Å². The molecule has 9 heteroatoms. The summed E-state index contributed by atoms with van der Waals surface area (Å²) in [6, 6.07) is 13.6. The van der Waals surface area contributed by atoms with Crippen molar-refractivity contribution in [3.8, 4) is 0 Å². The van der Waals surface area contributed by atoms with Crippen LogP contribution in [0.25, 0.3) is 0 Å². The van der Waals surface area contributed by atoms with E-state index in [1.54, 1.807) is 24.3 Å². The fourth-order valence-electron chi connectivity index (χ4n) is 3.97. The highest BCUT2D eigenvalue weighted by atomic mass is 16.6. The van der Waals surface area contributed by atoms with Crippen LogP contribution in [0.5, 0.6) is 0 Å². The second-order valence-electron chi connectivity index (χ2n) is 6.83. The molecule has 0 spiro atoms. The van der Waals surface area contributed by atoms with Crippen molar-refractivity contribution in [1.82, 2.24) is 0 Å². The van der Waals surface area contributed by atoms with Gasteiger partial charge in [0.1, 0.15) is 0 Å². The number of aliphatic hydroxyl groups is 1. The Labute approximate surface area is 178 Å². The number of anilines is 1. The average molecular weight is 427 g/mol. The van der Waals surface area contributed by atoms with Crippen molar-refractivity contribution in [1.29, 1.82) is 0 Å². The molecule has 2 aromatic rings. The number of esters is 3. The Kier molecular flexibility index (Phi) is 5.81. The second-order valence-corrected chi connectivity index (χ2v) is 6.83. The van der Waals surface area contributed by atoms with Gasteiger partial charge in [0.05, 0.1) is 27.8 Å². The van der Waals surface area contributed by atoms with Crippen LogP contribution in [0.4, 0.5) is 5.69 Å². The van der Waals surface area contributed by atoms with Gasteiger partial charge in [0.15, 0.2) is 5.54 Å². The molecular weight excluding hydrogens is 406 g/mol. The van der Waals surface area contributed by atoms with Crippen LogP contribution < -0.4 is 4.90 Å². The fourth-order valence-corrected chi connectivity index (χ4v) is 3.97. The Morgan fingerprint density at radius 2 is 1.45 bits per heavy atom. The van der Waals surface area contributed by atoms with Gasteiger partial charge in [0, 0.05) is 16.8 Å². The van der Waals surface area contributed by atoms with Crippen LogP contribution in [-0.2, 0) is 34.2 Å². The number of para-hydroxylation sites is 1. The van der Waals surface area contributed by atoms with E-state index in [1.807, 2.05) is 0 Å². The minimum absolute atomic E-state index is 0.0383. The summed E-state index contributed by atoms with van der Waals surface area (Å²) in [5.74, 6) is -4.12.